The van der Waals surface area contributed by atoms with E-state index in [1.165, 1.54) is 4.90 Å². The summed E-state index contributed by atoms with van der Waals surface area (Å²) in [4.78, 5) is 53.8. The number of nitrogens with zero attached hydrogens (tertiary/aromatic N) is 1. The van der Waals surface area contributed by atoms with Gasteiger partial charge >= 0.3 is 6.09 Å². The van der Waals surface area contributed by atoms with Crippen molar-refractivity contribution in [3.63, 3.8) is 0 Å². The Labute approximate surface area is 241 Å². The minimum Gasteiger partial charge on any atom is -0.444 e. The first-order valence-electron chi connectivity index (χ1n) is 13.8. The van der Waals surface area contributed by atoms with Crippen molar-refractivity contribution in [2.24, 2.45) is 5.73 Å². The minimum atomic E-state index is -1.13. The van der Waals surface area contributed by atoms with Crippen LogP contribution < -0.4 is 16.4 Å². The zero-order valence-electron chi connectivity index (χ0n) is 24.4. The number of hydrogen-bond donors (Lipinski definition) is 3. The summed E-state index contributed by atoms with van der Waals surface area (Å²) in [5, 5.41) is 7.59. The molecule has 0 fully saturated rings. The van der Waals surface area contributed by atoms with Crippen molar-refractivity contribution in [2.45, 2.75) is 71.6 Å². The van der Waals surface area contributed by atoms with Crippen LogP contribution in [0.5, 0.6) is 0 Å². The third-order valence-corrected chi connectivity index (χ3v) is 6.35. The minimum absolute atomic E-state index is 0.0412. The highest BCUT2D eigenvalue weighted by molar-refractivity contribution is 6.00. The van der Waals surface area contributed by atoms with Gasteiger partial charge in [0, 0.05) is 18.7 Å². The number of anilines is 1. The summed E-state index contributed by atoms with van der Waals surface area (Å²) in [6.45, 7) is 9.16. The van der Waals surface area contributed by atoms with Crippen molar-refractivity contribution in [3.05, 3.63) is 77.9 Å². The molecule has 0 saturated heterocycles. The SMILES string of the molecule is CCCN(C(=O)C(CCC(N)=O)NC(=O)OC(C)(C)C)C(C(=O)Nc1ccc2ccccc2c1)c1cccc(C)c1. The Bertz CT molecular complexity index is 1400. The standard InChI is InChI=1S/C32H40N4O5/c1-6-18-36(30(39)26(16-17-27(33)37)35-31(40)41-32(3,4)5)28(24-13-9-10-21(2)19-24)29(38)34-25-15-14-22-11-7-8-12-23(22)20-25/h7-15,19-20,26,28H,6,16-18H2,1-5H3,(H2,33,37)(H,34,38)(H,35,40). The number of nitrogens with one attached hydrogen (secondary N) is 2. The number of amides is 4. The van der Waals surface area contributed by atoms with Gasteiger partial charge in [0.2, 0.25) is 11.8 Å². The fourth-order valence-electron chi connectivity index (χ4n) is 4.59. The predicted molar refractivity (Wildman–Crippen MR) is 160 cm³/mol. The fourth-order valence-corrected chi connectivity index (χ4v) is 4.59. The molecule has 0 aliphatic heterocycles. The van der Waals surface area contributed by atoms with Crippen LogP contribution in [0, 0.1) is 6.92 Å². The molecule has 0 spiro atoms. The van der Waals surface area contributed by atoms with E-state index in [1.54, 1.807) is 26.8 Å². The average molecular weight is 561 g/mol. The highest BCUT2D eigenvalue weighted by atomic mass is 16.6. The molecule has 218 valence electrons. The summed E-state index contributed by atoms with van der Waals surface area (Å²) in [5.74, 6) is -1.53. The van der Waals surface area contributed by atoms with Crippen LogP contribution in [0.25, 0.3) is 10.8 Å². The van der Waals surface area contributed by atoms with Gasteiger partial charge in [-0.25, -0.2) is 4.79 Å². The Balaban J connectivity index is 2.00. The summed E-state index contributed by atoms with van der Waals surface area (Å²) in [7, 11) is 0. The first-order valence-corrected chi connectivity index (χ1v) is 13.8. The summed E-state index contributed by atoms with van der Waals surface area (Å²) in [6, 6.07) is 18.7. The Morgan fingerprint density at radius 1 is 0.951 bits per heavy atom. The lowest BCUT2D eigenvalue weighted by Crippen LogP contribution is -2.52. The van der Waals surface area contributed by atoms with Gasteiger partial charge in [-0.1, -0.05) is 67.1 Å². The monoisotopic (exact) mass is 560 g/mol. The van der Waals surface area contributed by atoms with E-state index in [2.05, 4.69) is 10.6 Å². The fraction of sp³-hybridized carbons (Fsp3) is 0.375. The van der Waals surface area contributed by atoms with E-state index in [4.69, 9.17) is 10.5 Å². The maximum Gasteiger partial charge on any atom is 0.408 e. The van der Waals surface area contributed by atoms with Gasteiger partial charge < -0.3 is 26.0 Å². The lowest BCUT2D eigenvalue weighted by atomic mass is 9.99. The number of aryl methyl sites for hydroxylation is 1. The smallest absolute Gasteiger partial charge is 0.408 e. The van der Waals surface area contributed by atoms with Crippen molar-refractivity contribution >= 4 is 40.3 Å². The number of carbonyl (C=O) groups excluding carboxylic acids is 4. The molecule has 3 aromatic rings. The van der Waals surface area contributed by atoms with Crippen LogP contribution in [-0.2, 0) is 19.1 Å². The molecule has 0 saturated carbocycles. The van der Waals surface area contributed by atoms with E-state index in [0.717, 1.165) is 16.3 Å². The van der Waals surface area contributed by atoms with E-state index in [-0.39, 0.29) is 19.4 Å². The number of carbonyl (C=O) groups is 4. The van der Waals surface area contributed by atoms with Crippen molar-refractivity contribution in [1.29, 1.82) is 0 Å². The van der Waals surface area contributed by atoms with Crippen LogP contribution in [0.1, 0.15) is 64.1 Å². The molecule has 3 aromatic carbocycles. The molecule has 4 N–H and O–H groups in total. The van der Waals surface area contributed by atoms with Gasteiger partial charge in [-0.15, -0.1) is 0 Å². The van der Waals surface area contributed by atoms with Crippen LogP contribution >= 0.6 is 0 Å². The van der Waals surface area contributed by atoms with Gasteiger partial charge in [-0.2, -0.15) is 0 Å². The zero-order chi connectivity index (χ0) is 30.2. The van der Waals surface area contributed by atoms with E-state index < -0.39 is 41.5 Å². The second-order valence-corrected chi connectivity index (χ2v) is 11.1. The van der Waals surface area contributed by atoms with Crippen LogP contribution in [0.2, 0.25) is 0 Å². The predicted octanol–water partition coefficient (Wildman–Crippen LogP) is 5.23. The quantitative estimate of drug-likeness (QED) is 0.296. The number of alkyl carbamates (subject to hydrolysis) is 1. The Kier molecular flexibility index (Phi) is 10.5. The summed E-state index contributed by atoms with van der Waals surface area (Å²) < 4.78 is 5.37. The highest BCUT2D eigenvalue weighted by Gasteiger charge is 2.36. The second kappa shape index (κ2) is 13.8. The number of hydrogen-bond acceptors (Lipinski definition) is 5. The van der Waals surface area contributed by atoms with Gasteiger partial charge in [0.25, 0.3) is 5.91 Å². The normalized spacial score (nSPS) is 12.7. The Hall–Kier alpha value is -4.40. The molecule has 0 bridgehead atoms. The van der Waals surface area contributed by atoms with E-state index >= 15 is 0 Å². The molecule has 3 rings (SSSR count). The molecule has 4 amide bonds. The lowest BCUT2D eigenvalue weighted by Gasteiger charge is -2.34. The molecule has 9 nitrogen and oxygen atoms in total. The van der Waals surface area contributed by atoms with E-state index in [9.17, 15) is 19.2 Å². The number of fused-ring (bicyclic) bond motifs is 1. The maximum absolute atomic E-state index is 14.1. The van der Waals surface area contributed by atoms with Gasteiger partial charge in [0.05, 0.1) is 0 Å². The van der Waals surface area contributed by atoms with Crippen LogP contribution in [0.15, 0.2) is 66.7 Å². The molecule has 41 heavy (non-hydrogen) atoms. The summed E-state index contributed by atoms with van der Waals surface area (Å²) in [5.41, 5.74) is 6.71. The summed E-state index contributed by atoms with van der Waals surface area (Å²) >= 11 is 0. The van der Waals surface area contributed by atoms with Gasteiger partial charge in [0.15, 0.2) is 0 Å². The van der Waals surface area contributed by atoms with Crippen LogP contribution in [-0.4, -0.2) is 46.9 Å². The highest BCUT2D eigenvalue weighted by Crippen LogP contribution is 2.27. The second-order valence-electron chi connectivity index (χ2n) is 11.1. The Morgan fingerprint density at radius 2 is 1.66 bits per heavy atom. The van der Waals surface area contributed by atoms with Gasteiger partial charge in [-0.05, 0) is 69.0 Å². The molecule has 2 unspecified atom stereocenters. The number of primary amides is 1. The number of rotatable bonds is 11. The van der Waals surface area contributed by atoms with Gasteiger partial charge in [0.1, 0.15) is 17.7 Å². The Morgan fingerprint density at radius 3 is 2.29 bits per heavy atom. The largest absolute Gasteiger partial charge is 0.444 e. The topological polar surface area (TPSA) is 131 Å². The number of nitrogens with two attached hydrogens (primary N) is 1. The molecule has 0 aliphatic rings. The first-order chi connectivity index (χ1) is 19.4. The van der Waals surface area contributed by atoms with Crippen LogP contribution in [0.4, 0.5) is 10.5 Å². The van der Waals surface area contributed by atoms with E-state index in [1.807, 2.05) is 74.5 Å². The molecule has 0 radical (unpaired) electrons. The third kappa shape index (κ3) is 9.06. The van der Waals surface area contributed by atoms with Crippen LogP contribution in [0.3, 0.4) is 0 Å². The summed E-state index contributed by atoms with van der Waals surface area (Å²) in [6.07, 6.45) is -0.429. The average Bonchev–Trinajstić information content (AvgIpc) is 2.89. The molecule has 0 aliphatic carbocycles. The van der Waals surface area contributed by atoms with Crippen molar-refractivity contribution in [3.8, 4) is 0 Å². The molecular formula is C32H40N4O5. The molecule has 0 aromatic heterocycles. The van der Waals surface area contributed by atoms with Crippen molar-refractivity contribution in [1.82, 2.24) is 10.2 Å². The number of ether oxygens (including phenoxy) is 1. The zero-order valence-corrected chi connectivity index (χ0v) is 24.4. The van der Waals surface area contributed by atoms with E-state index in [0.29, 0.717) is 17.7 Å². The molecule has 9 heteroatoms. The molecule has 0 heterocycles. The maximum atomic E-state index is 14.1. The van der Waals surface area contributed by atoms with Crippen molar-refractivity contribution in [2.75, 3.05) is 11.9 Å². The third-order valence-electron chi connectivity index (χ3n) is 6.35. The number of benzene rings is 3. The first kappa shape index (κ1) is 31.1. The lowest BCUT2D eigenvalue weighted by molar-refractivity contribution is -0.141. The van der Waals surface area contributed by atoms with Crippen molar-refractivity contribution < 1.29 is 23.9 Å². The molecular weight excluding hydrogens is 520 g/mol. The van der Waals surface area contributed by atoms with Gasteiger partial charge in [-0.3, -0.25) is 14.4 Å². The molecule has 2 atom stereocenters.